The van der Waals surface area contributed by atoms with Crippen LogP contribution in [0.3, 0.4) is 0 Å². The molecule has 3 rings (SSSR count). The van der Waals surface area contributed by atoms with Crippen LogP contribution in [-0.2, 0) is 5.41 Å². The molecule has 0 aliphatic heterocycles. The van der Waals surface area contributed by atoms with Gasteiger partial charge in [-0.1, -0.05) is 19.9 Å². The van der Waals surface area contributed by atoms with Gasteiger partial charge in [0.15, 0.2) is 5.58 Å². The zero-order chi connectivity index (χ0) is 14.5. The smallest absolute Gasteiger partial charge is 0.336 e. The van der Waals surface area contributed by atoms with Crippen molar-refractivity contribution >= 4 is 21.9 Å². The summed E-state index contributed by atoms with van der Waals surface area (Å²) >= 11 is 0. The summed E-state index contributed by atoms with van der Waals surface area (Å²) in [7, 11) is 0. The molecule has 0 unspecified atom stereocenters. The molecule has 102 valence electrons. The van der Waals surface area contributed by atoms with E-state index in [0.717, 1.165) is 0 Å². The number of furan rings is 1. The molecular formula is C16H14O4. The maximum Gasteiger partial charge on any atom is 0.336 e. The Morgan fingerprint density at radius 3 is 2.65 bits per heavy atom. The van der Waals surface area contributed by atoms with Crippen molar-refractivity contribution in [2.45, 2.75) is 19.3 Å². The molecule has 0 spiro atoms. The maximum atomic E-state index is 11.4. The van der Waals surface area contributed by atoms with Crippen molar-refractivity contribution in [1.29, 1.82) is 0 Å². The minimum atomic E-state index is -0.482. The Hall–Kier alpha value is -2.49. The van der Waals surface area contributed by atoms with Crippen LogP contribution in [0.25, 0.3) is 21.9 Å². The summed E-state index contributed by atoms with van der Waals surface area (Å²) in [5, 5.41) is 11.7. The van der Waals surface area contributed by atoms with Crippen molar-refractivity contribution in [3.05, 3.63) is 53.1 Å². The molecular weight excluding hydrogens is 256 g/mol. The van der Waals surface area contributed by atoms with E-state index in [2.05, 4.69) is 6.58 Å². The van der Waals surface area contributed by atoms with Crippen LogP contribution in [0.15, 0.2) is 50.7 Å². The molecule has 1 N–H and O–H groups in total. The average molecular weight is 270 g/mol. The minimum Gasteiger partial charge on any atom is -0.507 e. The fourth-order valence-corrected chi connectivity index (χ4v) is 2.43. The normalized spacial score (nSPS) is 12.1. The van der Waals surface area contributed by atoms with Crippen molar-refractivity contribution in [1.82, 2.24) is 0 Å². The van der Waals surface area contributed by atoms with Gasteiger partial charge in [-0.2, -0.15) is 0 Å². The van der Waals surface area contributed by atoms with Crippen LogP contribution in [0.1, 0.15) is 19.4 Å². The average Bonchev–Trinajstić information content (AvgIpc) is 2.87. The highest BCUT2D eigenvalue weighted by molar-refractivity contribution is 6.07. The molecule has 4 nitrogen and oxygen atoms in total. The molecule has 0 aliphatic rings. The third kappa shape index (κ3) is 1.58. The van der Waals surface area contributed by atoms with E-state index in [9.17, 15) is 9.90 Å². The molecule has 0 fully saturated rings. The van der Waals surface area contributed by atoms with Gasteiger partial charge in [0.1, 0.15) is 11.3 Å². The van der Waals surface area contributed by atoms with Crippen molar-refractivity contribution in [2.75, 3.05) is 0 Å². The number of allylic oxidation sites excluding steroid dienone is 1. The van der Waals surface area contributed by atoms with Crippen LogP contribution in [0, 0.1) is 0 Å². The van der Waals surface area contributed by atoms with Crippen LogP contribution < -0.4 is 5.63 Å². The van der Waals surface area contributed by atoms with Gasteiger partial charge in [0.25, 0.3) is 0 Å². The first-order valence-electron chi connectivity index (χ1n) is 6.26. The number of hydrogen-bond donors (Lipinski definition) is 1. The van der Waals surface area contributed by atoms with Crippen LogP contribution in [0.5, 0.6) is 5.75 Å². The number of phenolic OH excluding ortho intramolecular Hbond substituents is 1. The Morgan fingerprint density at radius 1 is 1.20 bits per heavy atom. The van der Waals surface area contributed by atoms with Gasteiger partial charge >= 0.3 is 5.63 Å². The molecule has 0 atom stereocenters. The fraction of sp³-hybridized carbons (Fsp3) is 0.188. The second-order valence-electron chi connectivity index (χ2n) is 5.31. The Kier molecular flexibility index (Phi) is 2.51. The number of aromatic hydroxyl groups is 1. The molecule has 0 bridgehead atoms. The van der Waals surface area contributed by atoms with Crippen molar-refractivity contribution in [3.8, 4) is 5.75 Å². The molecule has 4 heteroatoms. The molecule has 2 aromatic heterocycles. The number of benzene rings is 1. The molecule has 0 amide bonds. The highest BCUT2D eigenvalue weighted by atomic mass is 16.4. The monoisotopic (exact) mass is 270 g/mol. The Morgan fingerprint density at radius 2 is 1.95 bits per heavy atom. The van der Waals surface area contributed by atoms with E-state index in [4.69, 9.17) is 8.83 Å². The first-order chi connectivity index (χ1) is 9.45. The minimum absolute atomic E-state index is 0.0519. The summed E-state index contributed by atoms with van der Waals surface area (Å²) in [6.07, 6.45) is 3.26. The van der Waals surface area contributed by atoms with E-state index < -0.39 is 11.0 Å². The van der Waals surface area contributed by atoms with E-state index >= 15 is 0 Å². The summed E-state index contributed by atoms with van der Waals surface area (Å²) in [6, 6.07) is 4.58. The largest absolute Gasteiger partial charge is 0.507 e. The van der Waals surface area contributed by atoms with Crippen molar-refractivity contribution < 1.29 is 13.9 Å². The van der Waals surface area contributed by atoms with Gasteiger partial charge in [0.2, 0.25) is 0 Å². The van der Waals surface area contributed by atoms with Gasteiger partial charge in [-0.15, -0.1) is 6.58 Å². The lowest BCUT2D eigenvalue weighted by Crippen LogP contribution is -2.14. The van der Waals surface area contributed by atoms with Gasteiger partial charge in [-0.25, -0.2) is 4.79 Å². The number of phenols is 1. The van der Waals surface area contributed by atoms with E-state index in [1.165, 1.54) is 12.3 Å². The summed E-state index contributed by atoms with van der Waals surface area (Å²) in [6.45, 7) is 7.67. The summed E-state index contributed by atoms with van der Waals surface area (Å²) in [5.74, 6) is 0.0519. The van der Waals surface area contributed by atoms with E-state index in [1.807, 2.05) is 13.8 Å². The molecule has 0 aliphatic carbocycles. The van der Waals surface area contributed by atoms with Gasteiger partial charge in [-0.3, -0.25) is 0 Å². The lowest BCUT2D eigenvalue weighted by molar-refractivity contribution is 0.457. The highest BCUT2D eigenvalue weighted by Gasteiger charge is 2.28. The lowest BCUT2D eigenvalue weighted by atomic mass is 9.82. The summed E-state index contributed by atoms with van der Waals surface area (Å²) in [4.78, 5) is 11.4. The van der Waals surface area contributed by atoms with Crippen molar-refractivity contribution in [2.24, 2.45) is 0 Å². The molecule has 0 radical (unpaired) electrons. The standard InChI is InChI=1S/C16H14O4/c1-4-16(2,3)12-13(18)9-5-6-11(17)20-14(9)10-7-8-19-15(10)12/h4-8,18H,1H2,2-3H3. The van der Waals surface area contributed by atoms with Gasteiger partial charge < -0.3 is 13.9 Å². The zero-order valence-electron chi connectivity index (χ0n) is 11.3. The van der Waals surface area contributed by atoms with Gasteiger partial charge in [-0.05, 0) is 12.1 Å². The number of hydrogen-bond acceptors (Lipinski definition) is 4. The zero-order valence-corrected chi connectivity index (χ0v) is 11.3. The fourth-order valence-electron chi connectivity index (χ4n) is 2.43. The number of fused-ring (bicyclic) bond motifs is 3. The first kappa shape index (κ1) is 12.5. The molecule has 1 aromatic carbocycles. The summed E-state index contributed by atoms with van der Waals surface area (Å²) < 4.78 is 10.7. The van der Waals surface area contributed by atoms with Crippen molar-refractivity contribution in [3.63, 3.8) is 0 Å². The van der Waals surface area contributed by atoms with Crippen LogP contribution >= 0.6 is 0 Å². The predicted octanol–water partition coefficient (Wildman–Crippen LogP) is 3.71. The summed E-state index contributed by atoms with van der Waals surface area (Å²) in [5.41, 5.74) is 0.533. The van der Waals surface area contributed by atoms with E-state index in [0.29, 0.717) is 27.5 Å². The Balaban J connectivity index is 2.61. The molecule has 0 saturated heterocycles. The quantitative estimate of drug-likeness (QED) is 0.569. The highest BCUT2D eigenvalue weighted by Crippen LogP contribution is 2.43. The third-order valence-electron chi connectivity index (χ3n) is 3.62. The van der Waals surface area contributed by atoms with E-state index in [1.54, 1.807) is 18.2 Å². The number of rotatable bonds is 2. The lowest BCUT2D eigenvalue weighted by Gasteiger charge is -2.22. The Bertz CT molecular complexity index is 881. The maximum absolute atomic E-state index is 11.4. The molecule has 20 heavy (non-hydrogen) atoms. The SMILES string of the molecule is C=CC(C)(C)c1c(O)c2ccc(=O)oc2c2ccoc12. The third-order valence-corrected chi connectivity index (χ3v) is 3.62. The predicted molar refractivity (Wildman–Crippen MR) is 77.1 cm³/mol. The molecule has 2 heterocycles. The van der Waals surface area contributed by atoms with Crippen LogP contribution in [0.4, 0.5) is 0 Å². The van der Waals surface area contributed by atoms with Crippen LogP contribution in [0.2, 0.25) is 0 Å². The topological polar surface area (TPSA) is 63.6 Å². The van der Waals surface area contributed by atoms with Gasteiger partial charge in [0, 0.05) is 17.0 Å². The Labute approximate surface area is 114 Å². The molecule has 0 saturated carbocycles. The second-order valence-corrected chi connectivity index (χ2v) is 5.31. The first-order valence-corrected chi connectivity index (χ1v) is 6.26. The van der Waals surface area contributed by atoms with Crippen LogP contribution in [-0.4, -0.2) is 5.11 Å². The van der Waals surface area contributed by atoms with Gasteiger partial charge in [0.05, 0.1) is 17.0 Å². The van der Waals surface area contributed by atoms with E-state index in [-0.39, 0.29) is 5.75 Å². The second kappa shape index (κ2) is 4.00. The molecule has 3 aromatic rings.